The van der Waals surface area contributed by atoms with Crippen LogP contribution in [0.3, 0.4) is 0 Å². The number of fused-ring (bicyclic) bond motifs is 1. The highest BCUT2D eigenvalue weighted by atomic mass is 19.4. The number of alkyl halides is 9. The van der Waals surface area contributed by atoms with Crippen LogP contribution in [-0.4, -0.2) is 33.8 Å². The summed E-state index contributed by atoms with van der Waals surface area (Å²) in [6, 6.07) is 1.64. The fourth-order valence-corrected chi connectivity index (χ4v) is 5.08. The van der Waals surface area contributed by atoms with Crippen LogP contribution in [0.25, 0.3) is 0 Å². The van der Waals surface area contributed by atoms with Crippen molar-refractivity contribution in [1.29, 1.82) is 0 Å². The van der Waals surface area contributed by atoms with Crippen LogP contribution in [0, 0.1) is 0 Å². The second kappa shape index (κ2) is 12.0. The molecule has 0 spiro atoms. The Labute approximate surface area is 244 Å². The lowest BCUT2D eigenvalue weighted by Crippen LogP contribution is -2.48. The first-order chi connectivity index (χ1) is 20.4. The van der Waals surface area contributed by atoms with E-state index in [0.717, 1.165) is 35.5 Å². The van der Waals surface area contributed by atoms with Gasteiger partial charge in [-0.3, -0.25) is 4.90 Å². The molecule has 1 aromatic heterocycles. The number of nitrogens with zero attached hydrogens (tertiary/aromatic N) is 4. The van der Waals surface area contributed by atoms with Gasteiger partial charge in [0.05, 0.1) is 47.4 Å². The van der Waals surface area contributed by atoms with E-state index in [4.69, 9.17) is 4.74 Å². The van der Waals surface area contributed by atoms with Crippen LogP contribution in [-0.2, 0) is 29.8 Å². The molecule has 4 rings (SSSR count). The first kappa shape index (κ1) is 32.7. The van der Waals surface area contributed by atoms with E-state index >= 15 is 0 Å². The zero-order valence-corrected chi connectivity index (χ0v) is 23.1. The predicted molar refractivity (Wildman–Crippen MR) is 139 cm³/mol. The van der Waals surface area contributed by atoms with Gasteiger partial charge in [0.15, 0.2) is 5.75 Å². The summed E-state index contributed by atoms with van der Waals surface area (Å²) in [5, 5.41) is 9.72. The number of hydrogen-bond acceptors (Lipinski definition) is 6. The summed E-state index contributed by atoms with van der Waals surface area (Å²) in [7, 11) is 0. The van der Waals surface area contributed by atoms with Crippen LogP contribution in [0.2, 0.25) is 0 Å². The van der Waals surface area contributed by atoms with Crippen molar-refractivity contribution in [2.24, 2.45) is 0 Å². The van der Waals surface area contributed by atoms with E-state index in [0.29, 0.717) is 12.1 Å². The average Bonchev–Trinajstić information content (AvgIpc) is 2.94. The van der Waals surface area contributed by atoms with Crippen molar-refractivity contribution < 1.29 is 54.2 Å². The summed E-state index contributed by atoms with van der Waals surface area (Å²) < 4.78 is 129. The fraction of sp³-hybridized carbons (Fsp3) is 0.393. The predicted octanol–water partition coefficient (Wildman–Crippen LogP) is 8.13. The Morgan fingerprint density at radius 2 is 1.48 bits per heavy atom. The van der Waals surface area contributed by atoms with Crippen molar-refractivity contribution >= 4 is 17.7 Å². The van der Waals surface area contributed by atoms with Crippen molar-refractivity contribution in [3.63, 3.8) is 0 Å². The molecule has 7 nitrogen and oxygen atoms in total. The van der Waals surface area contributed by atoms with E-state index in [9.17, 15) is 49.4 Å². The van der Waals surface area contributed by atoms with Crippen LogP contribution in [0.4, 0.5) is 55.9 Å². The minimum absolute atomic E-state index is 0.00310. The maximum Gasteiger partial charge on any atom is 0.416 e. The smallest absolute Gasteiger partial charge is 0.416 e. The van der Waals surface area contributed by atoms with Crippen LogP contribution in [0.1, 0.15) is 60.5 Å². The standard InChI is InChI=1S/C28H25F9N4O3/c1-3-19-11-23(21-10-16(26(29,30)31)5-6-22(21)41(19)25(43)44-4-2)40(24-38-12-20(42)13-39-24)14-15-7-17(27(32,33)34)9-18(8-15)28(35,36)37/h5-10,12-13,19,23,42H,3-4,11,14H2,1-2H3/t19-,23+/m1/s1. The molecule has 44 heavy (non-hydrogen) atoms. The lowest BCUT2D eigenvalue weighted by atomic mass is 9.87. The number of anilines is 2. The van der Waals surface area contributed by atoms with E-state index in [1.165, 1.54) is 11.8 Å². The second-order valence-electron chi connectivity index (χ2n) is 9.94. The van der Waals surface area contributed by atoms with E-state index in [1.54, 1.807) is 6.92 Å². The molecular formula is C28H25F9N4O3. The number of carbonyl (C=O) groups is 1. The third-order valence-electron chi connectivity index (χ3n) is 7.03. The summed E-state index contributed by atoms with van der Waals surface area (Å²) in [6.45, 7) is 2.46. The number of halogens is 9. The molecule has 2 atom stereocenters. The van der Waals surface area contributed by atoms with Gasteiger partial charge < -0.3 is 14.7 Å². The van der Waals surface area contributed by atoms with Gasteiger partial charge in [0, 0.05) is 12.6 Å². The Kier molecular flexibility index (Phi) is 8.94. The van der Waals surface area contributed by atoms with E-state index in [2.05, 4.69) is 9.97 Å². The molecule has 0 unspecified atom stereocenters. The molecule has 1 N–H and O–H groups in total. The number of aromatic nitrogens is 2. The normalized spacial score (nSPS) is 17.3. The fourth-order valence-electron chi connectivity index (χ4n) is 5.08. The summed E-state index contributed by atoms with van der Waals surface area (Å²) in [5.41, 5.74) is -4.88. The molecule has 2 heterocycles. The van der Waals surface area contributed by atoms with E-state index in [1.807, 2.05) is 0 Å². The second-order valence-corrected chi connectivity index (χ2v) is 9.94. The Balaban J connectivity index is 1.95. The highest BCUT2D eigenvalue weighted by Crippen LogP contribution is 2.46. The van der Waals surface area contributed by atoms with E-state index < -0.39 is 71.3 Å². The highest BCUT2D eigenvalue weighted by molar-refractivity contribution is 5.90. The van der Waals surface area contributed by atoms with Gasteiger partial charge in [0.25, 0.3) is 0 Å². The third-order valence-corrected chi connectivity index (χ3v) is 7.03. The monoisotopic (exact) mass is 636 g/mol. The number of aromatic hydroxyl groups is 1. The molecule has 1 aliphatic rings. The summed E-state index contributed by atoms with van der Waals surface area (Å²) in [6.07, 6.45) is -14.0. The Morgan fingerprint density at radius 3 is 1.98 bits per heavy atom. The van der Waals surface area contributed by atoms with Crippen LogP contribution < -0.4 is 9.80 Å². The van der Waals surface area contributed by atoms with Crippen molar-refractivity contribution in [3.8, 4) is 5.75 Å². The topological polar surface area (TPSA) is 78.8 Å². The van der Waals surface area contributed by atoms with Gasteiger partial charge in [-0.05, 0) is 67.3 Å². The molecule has 0 aliphatic carbocycles. The quantitative estimate of drug-likeness (QED) is 0.276. The zero-order chi connectivity index (χ0) is 32.6. The summed E-state index contributed by atoms with van der Waals surface area (Å²) >= 11 is 0. The minimum Gasteiger partial charge on any atom is -0.505 e. The number of rotatable bonds is 6. The van der Waals surface area contributed by atoms with Gasteiger partial charge >= 0.3 is 24.6 Å². The van der Waals surface area contributed by atoms with Gasteiger partial charge in [-0.15, -0.1) is 0 Å². The molecule has 0 radical (unpaired) electrons. The molecule has 16 heteroatoms. The third kappa shape index (κ3) is 6.94. The van der Waals surface area contributed by atoms with Gasteiger partial charge in [0.2, 0.25) is 5.95 Å². The summed E-state index contributed by atoms with van der Waals surface area (Å²) in [4.78, 5) is 23.2. The molecule has 1 aliphatic heterocycles. The van der Waals surface area contributed by atoms with Gasteiger partial charge in [-0.1, -0.05) is 6.92 Å². The largest absolute Gasteiger partial charge is 0.505 e. The van der Waals surface area contributed by atoms with E-state index in [-0.39, 0.29) is 42.7 Å². The maximum absolute atomic E-state index is 13.8. The van der Waals surface area contributed by atoms with Crippen molar-refractivity contribution in [2.45, 2.75) is 63.8 Å². The number of hydrogen-bond donors (Lipinski definition) is 1. The molecule has 2 aromatic carbocycles. The molecule has 3 aromatic rings. The number of ether oxygens (including phenoxy) is 1. The Hall–Kier alpha value is -4.24. The first-order valence-corrected chi connectivity index (χ1v) is 13.2. The molecule has 0 saturated heterocycles. The Bertz CT molecular complexity index is 1460. The number of carbonyl (C=O) groups excluding carboxylic acids is 1. The van der Waals surface area contributed by atoms with Gasteiger partial charge in [-0.25, -0.2) is 14.8 Å². The molecule has 1 amide bonds. The highest BCUT2D eigenvalue weighted by Gasteiger charge is 2.42. The maximum atomic E-state index is 13.8. The summed E-state index contributed by atoms with van der Waals surface area (Å²) in [5.74, 6) is -0.725. The zero-order valence-electron chi connectivity index (χ0n) is 23.1. The molecular weight excluding hydrogens is 611 g/mol. The lowest BCUT2D eigenvalue weighted by Gasteiger charge is -2.44. The Morgan fingerprint density at radius 1 is 0.909 bits per heavy atom. The minimum atomic E-state index is -5.15. The van der Waals surface area contributed by atoms with Gasteiger partial charge in [-0.2, -0.15) is 39.5 Å². The van der Waals surface area contributed by atoms with Crippen LogP contribution >= 0.6 is 0 Å². The number of amides is 1. The molecule has 0 fully saturated rings. The molecule has 0 bridgehead atoms. The van der Waals surface area contributed by atoms with Crippen molar-refractivity contribution in [1.82, 2.24) is 9.97 Å². The van der Waals surface area contributed by atoms with Crippen molar-refractivity contribution in [2.75, 3.05) is 16.4 Å². The molecule has 238 valence electrons. The average molecular weight is 637 g/mol. The van der Waals surface area contributed by atoms with Gasteiger partial charge in [0.1, 0.15) is 0 Å². The van der Waals surface area contributed by atoms with Crippen LogP contribution in [0.5, 0.6) is 5.75 Å². The van der Waals surface area contributed by atoms with Crippen LogP contribution in [0.15, 0.2) is 48.8 Å². The first-order valence-electron chi connectivity index (χ1n) is 13.2. The lowest BCUT2D eigenvalue weighted by molar-refractivity contribution is -0.143. The number of benzene rings is 2. The SMILES string of the molecule is CCOC(=O)N1c2ccc(C(F)(F)F)cc2[C@@H](N(Cc2cc(C(F)(F)F)cc(C(F)(F)F)c2)c2ncc(O)cn2)C[C@H]1CC. The van der Waals surface area contributed by atoms with Crippen molar-refractivity contribution in [3.05, 3.63) is 76.6 Å². The molecule has 0 saturated carbocycles.